The van der Waals surface area contributed by atoms with Gasteiger partial charge in [-0.2, -0.15) is 0 Å². The highest BCUT2D eigenvalue weighted by Crippen LogP contribution is 2.34. The predicted molar refractivity (Wildman–Crippen MR) is 105 cm³/mol. The molecule has 148 valence electrons. The Balaban J connectivity index is 3.10. The van der Waals surface area contributed by atoms with Crippen LogP contribution in [0.1, 0.15) is 41.0 Å². The number of nitrogens with one attached hydrogen (secondary N) is 1. The average molecular weight is 444 g/mol. The van der Waals surface area contributed by atoms with Crippen LogP contribution < -0.4 is 10.5 Å². The Morgan fingerprint density at radius 1 is 1.38 bits per heavy atom. The van der Waals surface area contributed by atoms with E-state index in [2.05, 4.69) is 9.68 Å². The van der Waals surface area contributed by atoms with Crippen molar-refractivity contribution < 1.29 is 18.5 Å². The van der Waals surface area contributed by atoms with Crippen molar-refractivity contribution in [2.75, 3.05) is 0 Å². The van der Waals surface area contributed by atoms with Crippen LogP contribution in [0.3, 0.4) is 0 Å². The molecule has 7 nitrogen and oxygen atoms in total. The molecule has 0 aliphatic carbocycles. The summed E-state index contributed by atoms with van der Waals surface area (Å²) in [6.07, 6.45) is -0.497. The van der Waals surface area contributed by atoms with Crippen LogP contribution in [0.2, 0.25) is 9.36 Å². The number of thiophene rings is 1. The molecule has 0 aromatic carbocycles. The predicted octanol–water partition coefficient (Wildman–Crippen LogP) is 4.22. The molecule has 1 heterocycles. The van der Waals surface area contributed by atoms with Gasteiger partial charge in [-0.3, -0.25) is 4.79 Å². The van der Waals surface area contributed by atoms with Crippen LogP contribution in [0.25, 0.3) is 0 Å². The monoisotopic (exact) mass is 443 g/mol. The van der Waals surface area contributed by atoms with Crippen molar-refractivity contribution in [3.8, 4) is 0 Å². The van der Waals surface area contributed by atoms with E-state index >= 15 is 0 Å². The Labute approximate surface area is 167 Å². The lowest BCUT2D eigenvalue weighted by Gasteiger charge is -2.23. The maximum Gasteiger partial charge on any atom is 0.408 e. The zero-order valence-electron chi connectivity index (χ0n) is 15.2. The fourth-order valence-corrected chi connectivity index (χ4v) is 5.25. The van der Waals surface area contributed by atoms with Crippen LogP contribution in [-0.2, 0) is 19.4 Å². The fourth-order valence-electron chi connectivity index (χ4n) is 1.91. The molecule has 0 aliphatic rings. The smallest absolute Gasteiger partial charge is 0.408 e. The highest BCUT2D eigenvalue weighted by molar-refractivity contribution is 7.94. The minimum absolute atomic E-state index is 0.0121. The van der Waals surface area contributed by atoms with Crippen molar-refractivity contribution in [3.63, 3.8) is 0 Å². The summed E-state index contributed by atoms with van der Waals surface area (Å²) in [5.41, 5.74) is -0.727. The van der Waals surface area contributed by atoms with Gasteiger partial charge < -0.3 is 10.1 Å². The zero-order chi connectivity index (χ0) is 20.3. The van der Waals surface area contributed by atoms with Gasteiger partial charge in [0.2, 0.25) is 0 Å². The number of ether oxygens (including phenoxy) is 1. The molecular weight excluding hydrogens is 421 g/mol. The largest absolute Gasteiger partial charge is 0.444 e. The number of amides is 2. The molecular formula is C15H23Cl2N3O4S2. The van der Waals surface area contributed by atoms with E-state index in [1.807, 2.05) is 13.8 Å². The van der Waals surface area contributed by atoms with Crippen LogP contribution in [0.5, 0.6) is 0 Å². The third-order valence-electron chi connectivity index (χ3n) is 2.81. The molecule has 11 heteroatoms. The molecule has 26 heavy (non-hydrogen) atoms. The molecule has 1 aromatic rings. The lowest BCUT2D eigenvalue weighted by molar-refractivity contribution is -0.120. The molecule has 0 fully saturated rings. The average Bonchev–Trinajstić information content (AvgIpc) is 2.74. The van der Waals surface area contributed by atoms with Gasteiger partial charge in [0.15, 0.2) is 9.92 Å². The Kier molecular flexibility index (Phi) is 7.91. The quantitative estimate of drug-likeness (QED) is 0.708. The lowest BCUT2D eigenvalue weighted by Crippen LogP contribution is -2.44. The van der Waals surface area contributed by atoms with Gasteiger partial charge in [-0.25, -0.2) is 14.1 Å². The second kappa shape index (κ2) is 8.88. The summed E-state index contributed by atoms with van der Waals surface area (Å²) in [5.74, 6) is -0.764. The van der Waals surface area contributed by atoms with Crippen LogP contribution in [-0.4, -0.2) is 27.9 Å². The van der Waals surface area contributed by atoms with Gasteiger partial charge in [0.05, 0.1) is 9.36 Å². The third-order valence-corrected chi connectivity index (χ3v) is 6.56. The van der Waals surface area contributed by atoms with Gasteiger partial charge in [0, 0.05) is 0 Å². The van der Waals surface area contributed by atoms with E-state index < -0.39 is 33.6 Å². The van der Waals surface area contributed by atoms with Gasteiger partial charge >= 0.3 is 6.09 Å². The first-order valence-electron chi connectivity index (χ1n) is 7.74. The molecule has 0 radical (unpaired) electrons. The first kappa shape index (κ1) is 23.2. The summed E-state index contributed by atoms with van der Waals surface area (Å²) < 4.78 is 21.7. The van der Waals surface area contributed by atoms with Crippen LogP contribution >= 0.6 is 34.5 Å². The fraction of sp³-hybridized carbons (Fsp3) is 0.600. The number of rotatable bonds is 5. The third kappa shape index (κ3) is 7.40. The molecule has 2 atom stereocenters. The van der Waals surface area contributed by atoms with Gasteiger partial charge in [0.1, 0.15) is 15.9 Å². The van der Waals surface area contributed by atoms with Crippen LogP contribution in [0, 0.1) is 5.92 Å². The minimum atomic E-state index is -3.59. The Bertz CT molecular complexity index is 793. The summed E-state index contributed by atoms with van der Waals surface area (Å²) in [7, 11) is -3.59. The van der Waals surface area contributed by atoms with Crippen molar-refractivity contribution in [3.05, 3.63) is 15.4 Å². The number of hydrogen-bond donors (Lipinski definition) is 2. The van der Waals surface area contributed by atoms with Crippen molar-refractivity contribution in [1.29, 1.82) is 0 Å². The van der Waals surface area contributed by atoms with Gasteiger partial charge in [-0.05, 0) is 39.2 Å². The van der Waals surface area contributed by atoms with E-state index in [4.69, 9.17) is 33.1 Å². The van der Waals surface area contributed by atoms with E-state index in [9.17, 15) is 13.8 Å². The van der Waals surface area contributed by atoms with Crippen LogP contribution in [0.4, 0.5) is 4.79 Å². The van der Waals surface area contributed by atoms with Crippen molar-refractivity contribution in [2.45, 2.75) is 56.9 Å². The van der Waals surface area contributed by atoms with E-state index in [1.165, 1.54) is 6.07 Å². The number of nitrogens with two attached hydrogens (primary N) is 1. The van der Waals surface area contributed by atoms with Crippen molar-refractivity contribution in [2.24, 2.45) is 15.4 Å². The summed E-state index contributed by atoms with van der Waals surface area (Å²) >= 11 is 12.6. The second-order valence-corrected chi connectivity index (χ2v) is 11.1. The highest BCUT2D eigenvalue weighted by Gasteiger charge is 2.27. The SMILES string of the molecule is CC(C)C[C@H](NC(=O)OC(C)(C)C)C(=O)N=S(N)(=O)c1sc(Cl)cc1Cl. The summed E-state index contributed by atoms with van der Waals surface area (Å²) in [5, 5.41) is 8.25. The number of halogens is 2. The highest BCUT2D eigenvalue weighted by atomic mass is 35.5. The standard InChI is InChI=1S/C15H23Cl2N3O4S2/c1-8(2)6-10(19-14(22)24-15(3,4)5)12(21)20-26(18,23)13-9(16)7-11(17)25-13/h7-8,10H,6H2,1-5H3,(H,19,22)(H2,18,20,21,23)/t10-,26?/m0/s1. The van der Waals surface area contributed by atoms with Gasteiger partial charge in [-0.1, -0.05) is 37.0 Å². The first-order valence-corrected chi connectivity index (χ1v) is 10.9. The van der Waals surface area contributed by atoms with Gasteiger partial charge in [0.25, 0.3) is 5.91 Å². The Morgan fingerprint density at radius 2 is 1.96 bits per heavy atom. The molecule has 3 N–H and O–H groups in total. The topological polar surface area (TPSA) is 111 Å². The maximum absolute atomic E-state index is 12.7. The second-order valence-electron chi connectivity index (χ2n) is 7.01. The lowest BCUT2D eigenvalue weighted by atomic mass is 10.0. The Hall–Kier alpha value is -0.870. The molecule has 2 amide bonds. The van der Waals surface area contributed by atoms with Crippen molar-refractivity contribution >= 4 is 56.5 Å². The molecule has 0 saturated heterocycles. The van der Waals surface area contributed by atoms with E-state index in [0.717, 1.165) is 11.3 Å². The molecule has 1 rings (SSSR count). The molecule has 0 bridgehead atoms. The first-order chi connectivity index (χ1) is 11.7. The number of hydrogen-bond acceptors (Lipinski definition) is 5. The van der Waals surface area contributed by atoms with Gasteiger partial charge in [-0.15, -0.1) is 15.7 Å². The molecule has 1 unspecified atom stereocenters. The zero-order valence-corrected chi connectivity index (χ0v) is 18.3. The molecule has 1 aromatic heterocycles. The molecule has 0 aliphatic heterocycles. The molecule has 0 saturated carbocycles. The minimum Gasteiger partial charge on any atom is -0.444 e. The van der Waals surface area contributed by atoms with Crippen LogP contribution in [0.15, 0.2) is 14.6 Å². The normalized spacial score (nSPS) is 15.3. The maximum atomic E-state index is 12.7. The summed E-state index contributed by atoms with van der Waals surface area (Å²) in [6, 6.07) is 0.351. The van der Waals surface area contributed by atoms with E-state index in [0.29, 0.717) is 0 Å². The number of nitrogens with zero attached hydrogens (tertiary/aromatic N) is 1. The Morgan fingerprint density at radius 3 is 2.38 bits per heavy atom. The van der Waals surface area contributed by atoms with E-state index in [-0.39, 0.29) is 25.9 Å². The number of alkyl carbamates (subject to hydrolysis) is 1. The molecule has 0 spiro atoms. The summed E-state index contributed by atoms with van der Waals surface area (Å²) in [4.78, 5) is 24.5. The number of carbonyl (C=O) groups is 2. The van der Waals surface area contributed by atoms with Crippen molar-refractivity contribution in [1.82, 2.24) is 5.32 Å². The summed E-state index contributed by atoms with van der Waals surface area (Å²) in [6.45, 7) is 8.84. The van der Waals surface area contributed by atoms with E-state index in [1.54, 1.807) is 20.8 Å². The number of carbonyl (C=O) groups excluding carboxylic acids is 2.